The Labute approximate surface area is 211 Å². The summed E-state index contributed by atoms with van der Waals surface area (Å²) in [7, 11) is 0. The Morgan fingerprint density at radius 2 is 1.23 bits per heavy atom. The predicted molar refractivity (Wildman–Crippen MR) is 146 cm³/mol. The van der Waals surface area contributed by atoms with E-state index in [4.69, 9.17) is 0 Å². The summed E-state index contributed by atoms with van der Waals surface area (Å²) in [6, 6.07) is 18.5. The summed E-state index contributed by atoms with van der Waals surface area (Å²) < 4.78 is 0. The minimum Gasteiger partial charge on any atom is -0.269 e. The third kappa shape index (κ3) is 9.39. The lowest BCUT2D eigenvalue weighted by Crippen LogP contribution is -2.30. The molecule has 0 N–H and O–H groups in total. The molecule has 5 heteroatoms. The molecular weight excluding hydrogens is 432 g/mol. The monoisotopic (exact) mass is 474 g/mol. The molecule has 1 atom stereocenters. The maximum absolute atomic E-state index is 13.1. The summed E-state index contributed by atoms with van der Waals surface area (Å²) in [6.45, 7) is 2.27. The van der Waals surface area contributed by atoms with E-state index in [1.54, 1.807) is 0 Å². The Hall–Kier alpha value is -2.82. The zero-order valence-corrected chi connectivity index (χ0v) is 21.4. The molecule has 2 aromatic rings. The number of benzene rings is 2. The minimum atomic E-state index is -0.632. The van der Waals surface area contributed by atoms with Crippen LogP contribution in [0.2, 0.25) is 0 Å². The van der Waals surface area contributed by atoms with Gasteiger partial charge in [-0.3, -0.25) is 4.79 Å². The fourth-order valence-electron chi connectivity index (χ4n) is 4.49. The third-order valence-electron chi connectivity index (χ3n) is 6.57. The average Bonchev–Trinajstić information content (AvgIpc) is 3.21. The summed E-state index contributed by atoms with van der Waals surface area (Å²) in [5.41, 5.74) is 2.35. The van der Waals surface area contributed by atoms with Crippen molar-refractivity contribution in [3.05, 3.63) is 60.7 Å². The molecule has 1 amide bonds. The van der Waals surface area contributed by atoms with Gasteiger partial charge in [0.15, 0.2) is 6.04 Å². The highest BCUT2D eigenvalue weighted by Gasteiger charge is 2.36. The van der Waals surface area contributed by atoms with Crippen molar-refractivity contribution in [1.82, 2.24) is 0 Å². The van der Waals surface area contributed by atoms with Crippen molar-refractivity contribution in [1.29, 1.82) is 0 Å². The largest absolute Gasteiger partial charge is 0.280 e. The van der Waals surface area contributed by atoms with Gasteiger partial charge < -0.3 is 0 Å². The fraction of sp³-hybridized carbons (Fsp3) is 0.533. The summed E-state index contributed by atoms with van der Waals surface area (Å²) >= 11 is 0. The van der Waals surface area contributed by atoms with E-state index in [9.17, 15) is 4.79 Å². The molecule has 1 heterocycles. The highest BCUT2D eigenvalue weighted by atomic mass is 16.2. The van der Waals surface area contributed by atoms with E-state index in [1.165, 1.54) is 75.6 Å². The van der Waals surface area contributed by atoms with Crippen LogP contribution in [0.25, 0.3) is 0 Å². The normalized spacial score (nSPS) is 15.8. The molecule has 0 spiro atoms. The molecule has 0 fully saturated rings. The zero-order chi connectivity index (χ0) is 24.6. The first-order valence-corrected chi connectivity index (χ1v) is 13.7. The molecule has 0 radical (unpaired) electrons. The van der Waals surface area contributed by atoms with E-state index in [2.05, 4.69) is 22.3 Å². The smallest absolute Gasteiger partial charge is 0.269 e. The van der Waals surface area contributed by atoms with Crippen LogP contribution in [0.1, 0.15) is 96.8 Å². The first kappa shape index (κ1) is 26.8. The molecular formula is C30H42N4O. The number of rotatable bonds is 17. The lowest BCUT2D eigenvalue weighted by Gasteiger charge is -2.11. The molecule has 5 nitrogen and oxygen atoms in total. The van der Waals surface area contributed by atoms with Crippen LogP contribution < -0.4 is 5.01 Å². The van der Waals surface area contributed by atoms with Crippen molar-refractivity contribution in [3.8, 4) is 0 Å². The van der Waals surface area contributed by atoms with E-state index >= 15 is 0 Å². The lowest BCUT2D eigenvalue weighted by atomic mass is 10.0. The molecule has 1 unspecified atom stereocenters. The van der Waals surface area contributed by atoms with Crippen molar-refractivity contribution in [2.24, 2.45) is 15.3 Å². The van der Waals surface area contributed by atoms with Gasteiger partial charge in [-0.25, -0.2) is 0 Å². The van der Waals surface area contributed by atoms with E-state index in [0.717, 1.165) is 36.3 Å². The van der Waals surface area contributed by atoms with E-state index in [-0.39, 0.29) is 5.91 Å². The van der Waals surface area contributed by atoms with Gasteiger partial charge in [-0.1, -0.05) is 120 Å². The first-order valence-electron chi connectivity index (χ1n) is 13.7. The highest BCUT2D eigenvalue weighted by molar-refractivity contribution is 6.18. The maximum Gasteiger partial charge on any atom is 0.280 e. The van der Waals surface area contributed by atoms with E-state index in [1.807, 2.05) is 60.7 Å². The molecule has 0 bridgehead atoms. The lowest BCUT2D eigenvalue weighted by molar-refractivity contribution is -0.117. The van der Waals surface area contributed by atoms with Gasteiger partial charge in [-0.2, -0.15) is 20.3 Å². The highest BCUT2D eigenvalue weighted by Crippen LogP contribution is 2.25. The average molecular weight is 475 g/mol. The summed E-state index contributed by atoms with van der Waals surface area (Å²) in [5, 5.41) is 14.9. The van der Waals surface area contributed by atoms with Gasteiger partial charge in [-0.15, -0.1) is 0 Å². The van der Waals surface area contributed by atoms with Crippen LogP contribution in [-0.2, 0) is 4.79 Å². The van der Waals surface area contributed by atoms with E-state index in [0.29, 0.717) is 0 Å². The molecule has 0 saturated heterocycles. The quantitative estimate of drug-likeness (QED) is 0.167. The first-order chi connectivity index (χ1) is 17.3. The SMILES string of the molecule is CCCCCCCCCCCCCCCC1=NN(c2ccccc2)C(=O)C1N=Nc1ccccc1. The van der Waals surface area contributed by atoms with Gasteiger partial charge in [0.2, 0.25) is 0 Å². The Morgan fingerprint density at radius 1 is 0.714 bits per heavy atom. The molecule has 2 aromatic carbocycles. The predicted octanol–water partition coefficient (Wildman–Crippen LogP) is 9.02. The van der Waals surface area contributed by atoms with Crippen LogP contribution in [0.3, 0.4) is 0 Å². The number of amides is 1. The number of para-hydroxylation sites is 1. The second-order valence-electron chi connectivity index (χ2n) is 9.52. The molecule has 0 saturated carbocycles. The number of nitrogens with zero attached hydrogens (tertiary/aromatic N) is 4. The van der Waals surface area contributed by atoms with E-state index < -0.39 is 6.04 Å². The van der Waals surface area contributed by atoms with Crippen LogP contribution in [0.15, 0.2) is 76.0 Å². The molecule has 3 rings (SSSR count). The number of unbranched alkanes of at least 4 members (excludes halogenated alkanes) is 12. The van der Waals surface area contributed by atoms with Crippen molar-refractivity contribution in [2.45, 2.75) is 103 Å². The Kier molecular flexibility index (Phi) is 12.2. The standard InChI is InChI=1S/C30H42N4O/c1-2-3-4-5-6-7-8-9-10-11-12-13-20-25-28-29(32-31-26-21-16-14-17-22-26)30(35)34(33-28)27-23-18-15-19-24-27/h14-19,21-24,29H,2-13,20,25H2,1H3. The van der Waals surface area contributed by atoms with Crippen molar-refractivity contribution < 1.29 is 4.79 Å². The Morgan fingerprint density at radius 3 is 1.80 bits per heavy atom. The van der Waals surface area contributed by atoms with Gasteiger partial charge in [-0.05, 0) is 37.1 Å². The summed E-state index contributed by atoms with van der Waals surface area (Å²) in [4.78, 5) is 13.1. The van der Waals surface area contributed by atoms with Gasteiger partial charge in [0.25, 0.3) is 5.91 Å². The number of carbonyl (C=O) groups is 1. The molecule has 188 valence electrons. The third-order valence-corrected chi connectivity index (χ3v) is 6.57. The minimum absolute atomic E-state index is 0.124. The van der Waals surface area contributed by atoms with Crippen LogP contribution in [0, 0.1) is 0 Å². The topological polar surface area (TPSA) is 57.4 Å². The summed E-state index contributed by atoms with van der Waals surface area (Å²) in [6.07, 6.45) is 17.9. The van der Waals surface area contributed by atoms with Crippen LogP contribution in [-0.4, -0.2) is 17.7 Å². The maximum atomic E-state index is 13.1. The van der Waals surface area contributed by atoms with Crippen LogP contribution in [0.4, 0.5) is 11.4 Å². The number of azo groups is 1. The van der Waals surface area contributed by atoms with Crippen molar-refractivity contribution in [3.63, 3.8) is 0 Å². The van der Waals surface area contributed by atoms with Gasteiger partial charge in [0.05, 0.1) is 17.1 Å². The molecule has 1 aliphatic heterocycles. The van der Waals surface area contributed by atoms with Crippen LogP contribution >= 0.6 is 0 Å². The molecule has 0 aromatic heterocycles. The molecule has 0 aliphatic carbocycles. The fourth-order valence-corrected chi connectivity index (χ4v) is 4.49. The van der Waals surface area contributed by atoms with Gasteiger partial charge in [0, 0.05) is 0 Å². The Bertz CT molecular complexity index is 910. The number of hydrogen-bond acceptors (Lipinski definition) is 4. The van der Waals surface area contributed by atoms with Crippen LogP contribution in [0.5, 0.6) is 0 Å². The number of anilines is 1. The number of hydrazone groups is 1. The molecule has 35 heavy (non-hydrogen) atoms. The second-order valence-corrected chi connectivity index (χ2v) is 9.52. The molecule has 1 aliphatic rings. The van der Waals surface area contributed by atoms with Gasteiger partial charge in [0.1, 0.15) is 0 Å². The van der Waals surface area contributed by atoms with Crippen molar-refractivity contribution >= 4 is 23.0 Å². The van der Waals surface area contributed by atoms with Gasteiger partial charge >= 0.3 is 0 Å². The zero-order valence-electron chi connectivity index (χ0n) is 21.4. The summed E-state index contributed by atoms with van der Waals surface area (Å²) in [5.74, 6) is -0.124. The number of hydrogen-bond donors (Lipinski definition) is 0. The Balaban J connectivity index is 1.41. The van der Waals surface area contributed by atoms with Crippen molar-refractivity contribution in [2.75, 3.05) is 5.01 Å². The second kappa shape index (κ2) is 16.0. The number of carbonyl (C=O) groups excluding carboxylic acids is 1.